The van der Waals surface area contributed by atoms with Crippen molar-refractivity contribution in [2.45, 2.75) is 13.8 Å². The van der Waals surface area contributed by atoms with E-state index in [-0.39, 0.29) is 0 Å². The topological polar surface area (TPSA) is 30.2 Å². The Labute approximate surface area is 64.7 Å². The number of fused-ring (bicyclic) bond motifs is 1. The number of aryl methyl sites for hydroxylation is 2. The van der Waals surface area contributed by atoms with E-state index < -0.39 is 0 Å². The summed E-state index contributed by atoms with van der Waals surface area (Å²) in [5.41, 5.74) is 2.11. The predicted octanol–water partition coefficient (Wildman–Crippen LogP) is 1.35. The monoisotopic (exact) mass is 147 g/mol. The molecule has 0 fully saturated rings. The van der Waals surface area contributed by atoms with Gasteiger partial charge < -0.3 is 0 Å². The Kier molecular flexibility index (Phi) is 1.18. The molecule has 0 unspecified atom stereocenters. The number of rotatable bonds is 0. The first-order chi connectivity index (χ1) is 5.27. The van der Waals surface area contributed by atoms with Gasteiger partial charge in [-0.05, 0) is 26.0 Å². The van der Waals surface area contributed by atoms with Gasteiger partial charge in [0.1, 0.15) is 5.82 Å². The van der Waals surface area contributed by atoms with Gasteiger partial charge in [-0.1, -0.05) is 0 Å². The molecular weight excluding hydrogens is 138 g/mol. The third-order valence-electron chi connectivity index (χ3n) is 1.68. The minimum atomic E-state index is 0.811. The summed E-state index contributed by atoms with van der Waals surface area (Å²) >= 11 is 0. The van der Waals surface area contributed by atoms with E-state index in [1.165, 1.54) is 0 Å². The molecule has 3 nitrogen and oxygen atoms in total. The van der Waals surface area contributed by atoms with Crippen LogP contribution in [0.25, 0.3) is 5.52 Å². The molecule has 2 heterocycles. The van der Waals surface area contributed by atoms with E-state index in [1.54, 1.807) is 0 Å². The van der Waals surface area contributed by atoms with Gasteiger partial charge in [0.25, 0.3) is 0 Å². The molecule has 0 aromatic carbocycles. The first-order valence-corrected chi connectivity index (χ1v) is 3.56. The zero-order valence-corrected chi connectivity index (χ0v) is 6.57. The van der Waals surface area contributed by atoms with Gasteiger partial charge in [0.15, 0.2) is 0 Å². The summed E-state index contributed by atoms with van der Waals surface area (Å²) in [6.45, 7) is 3.89. The molecule has 2 rings (SSSR count). The van der Waals surface area contributed by atoms with Gasteiger partial charge in [-0.3, -0.25) is 0 Å². The summed E-state index contributed by atoms with van der Waals surface area (Å²) < 4.78 is 1.84. The SMILES string of the molecule is Cc1nc(C)c2cccn2n1. The molecule has 0 aliphatic heterocycles. The molecule has 0 aliphatic rings. The highest BCUT2D eigenvalue weighted by atomic mass is 15.2. The third kappa shape index (κ3) is 0.888. The molecule has 2 aromatic heterocycles. The van der Waals surface area contributed by atoms with Gasteiger partial charge in [0.2, 0.25) is 0 Å². The lowest BCUT2D eigenvalue weighted by molar-refractivity contribution is 0.841. The Morgan fingerprint density at radius 2 is 2.18 bits per heavy atom. The third-order valence-corrected chi connectivity index (χ3v) is 1.68. The van der Waals surface area contributed by atoms with Crippen molar-refractivity contribution in [1.29, 1.82) is 0 Å². The van der Waals surface area contributed by atoms with Gasteiger partial charge in [-0.2, -0.15) is 5.10 Å². The Morgan fingerprint density at radius 3 is 3.00 bits per heavy atom. The normalized spacial score (nSPS) is 10.7. The van der Waals surface area contributed by atoms with Crippen molar-refractivity contribution in [3.63, 3.8) is 0 Å². The van der Waals surface area contributed by atoms with Crippen molar-refractivity contribution in [2.75, 3.05) is 0 Å². The molecule has 0 saturated carbocycles. The molecule has 2 aromatic rings. The molecule has 11 heavy (non-hydrogen) atoms. The average molecular weight is 147 g/mol. The molecular formula is C8H9N3. The first kappa shape index (κ1) is 6.34. The summed E-state index contributed by atoms with van der Waals surface area (Å²) in [5.74, 6) is 0.811. The van der Waals surface area contributed by atoms with Crippen LogP contribution >= 0.6 is 0 Å². The number of hydrogen-bond donors (Lipinski definition) is 0. The van der Waals surface area contributed by atoms with E-state index in [2.05, 4.69) is 10.1 Å². The van der Waals surface area contributed by atoms with Crippen molar-refractivity contribution in [3.8, 4) is 0 Å². The van der Waals surface area contributed by atoms with Crippen LogP contribution < -0.4 is 0 Å². The van der Waals surface area contributed by atoms with Gasteiger partial charge in [0, 0.05) is 6.20 Å². The standard InChI is InChI=1S/C8H9N3/c1-6-8-4-3-5-11(8)10-7(2)9-6/h3-5H,1-2H3. The molecule has 0 atom stereocenters. The minimum Gasteiger partial charge on any atom is -0.237 e. The smallest absolute Gasteiger partial charge is 0.146 e. The molecule has 0 spiro atoms. The van der Waals surface area contributed by atoms with Crippen molar-refractivity contribution < 1.29 is 0 Å². The highest BCUT2D eigenvalue weighted by Crippen LogP contribution is 2.06. The highest BCUT2D eigenvalue weighted by molar-refractivity contribution is 5.50. The maximum absolute atomic E-state index is 4.24. The van der Waals surface area contributed by atoms with Crippen LogP contribution in [0.1, 0.15) is 11.5 Å². The minimum absolute atomic E-state index is 0.811. The molecule has 3 heteroatoms. The number of nitrogens with zero attached hydrogens (tertiary/aromatic N) is 3. The quantitative estimate of drug-likeness (QED) is 0.563. The summed E-state index contributed by atoms with van der Waals surface area (Å²) in [4.78, 5) is 4.24. The van der Waals surface area contributed by atoms with Crippen LogP contribution in [0, 0.1) is 13.8 Å². The Balaban J connectivity index is 2.91. The molecule has 0 radical (unpaired) electrons. The molecule has 0 aliphatic carbocycles. The molecule has 0 saturated heterocycles. The maximum Gasteiger partial charge on any atom is 0.146 e. The Hall–Kier alpha value is -1.38. The lowest BCUT2D eigenvalue weighted by Crippen LogP contribution is -1.98. The van der Waals surface area contributed by atoms with E-state index in [0.29, 0.717) is 0 Å². The summed E-state index contributed by atoms with van der Waals surface area (Å²) in [7, 11) is 0. The van der Waals surface area contributed by atoms with Gasteiger partial charge >= 0.3 is 0 Å². The van der Waals surface area contributed by atoms with E-state index >= 15 is 0 Å². The lowest BCUT2D eigenvalue weighted by Gasteiger charge is -1.98. The van der Waals surface area contributed by atoms with Gasteiger partial charge in [-0.15, -0.1) is 0 Å². The van der Waals surface area contributed by atoms with Crippen molar-refractivity contribution in [3.05, 3.63) is 29.8 Å². The van der Waals surface area contributed by atoms with Crippen molar-refractivity contribution in [1.82, 2.24) is 14.6 Å². The zero-order valence-electron chi connectivity index (χ0n) is 6.57. The molecule has 0 bridgehead atoms. The van der Waals surface area contributed by atoms with E-state index in [9.17, 15) is 0 Å². The van der Waals surface area contributed by atoms with Gasteiger partial charge in [-0.25, -0.2) is 9.50 Å². The van der Waals surface area contributed by atoms with E-state index in [1.807, 2.05) is 36.7 Å². The van der Waals surface area contributed by atoms with Crippen LogP contribution in [0.2, 0.25) is 0 Å². The number of aromatic nitrogens is 3. The van der Waals surface area contributed by atoms with Crippen LogP contribution in [-0.4, -0.2) is 14.6 Å². The molecule has 0 N–H and O–H groups in total. The average Bonchev–Trinajstić information content (AvgIpc) is 2.34. The second kappa shape index (κ2) is 2.05. The van der Waals surface area contributed by atoms with Crippen molar-refractivity contribution >= 4 is 5.52 Å². The fourth-order valence-corrected chi connectivity index (χ4v) is 1.22. The van der Waals surface area contributed by atoms with Crippen molar-refractivity contribution in [2.24, 2.45) is 0 Å². The highest BCUT2D eigenvalue weighted by Gasteiger charge is 1.98. The lowest BCUT2D eigenvalue weighted by atomic mass is 10.4. The van der Waals surface area contributed by atoms with E-state index in [4.69, 9.17) is 0 Å². The van der Waals surface area contributed by atoms with Gasteiger partial charge in [0.05, 0.1) is 11.2 Å². The summed E-state index contributed by atoms with van der Waals surface area (Å²) in [6.07, 6.45) is 1.93. The predicted molar refractivity (Wildman–Crippen MR) is 42.5 cm³/mol. The second-order valence-electron chi connectivity index (χ2n) is 2.58. The zero-order chi connectivity index (χ0) is 7.84. The Morgan fingerprint density at radius 1 is 1.36 bits per heavy atom. The van der Waals surface area contributed by atoms with Crippen LogP contribution in [-0.2, 0) is 0 Å². The van der Waals surface area contributed by atoms with Crippen LogP contribution in [0.15, 0.2) is 18.3 Å². The fraction of sp³-hybridized carbons (Fsp3) is 0.250. The summed E-state index contributed by atoms with van der Waals surface area (Å²) in [6, 6.07) is 3.98. The second-order valence-corrected chi connectivity index (χ2v) is 2.58. The van der Waals surface area contributed by atoms with Crippen LogP contribution in [0.3, 0.4) is 0 Å². The molecule has 56 valence electrons. The van der Waals surface area contributed by atoms with Crippen LogP contribution in [0.5, 0.6) is 0 Å². The maximum atomic E-state index is 4.24. The largest absolute Gasteiger partial charge is 0.237 e. The molecule has 0 amide bonds. The summed E-state index contributed by atoms with van der Waals surface area (Å²) in [5, 5.41) is 4.20. The Bertz CT molecular complexity index is 389. The number of hydrogen-bond acceptors (Lipinski definition) is 2. The van der Waals surface area contributed by atoms with E-state index in [0.717, 1.165) is 17.0 Å². The first-order valence-electron chi connectivity index (χ1n) is 3.56. The van der Waals surface area contributed by atoms with Crippen LogP contribution in [0.4, 0.5) is 0 Å². The fourth-order valence-electron chi connectivity index (χ4n) is 1.22.